The molecule has 4 rings (SSSR count). The van der Waals surface area contributed by atoms with Crippen molar-refractivity contribution in [2.75, 3.05) is 18.5 Å². The molecular formula is C27H29ClN6O6S. The number of aliphatic hydroxyl groups is 2. The molecular weight excluding hydrogens is 572 g/mol. The number of hydrogen-bond acceptors (Lipinski definition) is 11. The van der Waals surface area contributed by atoms with Crippen LogP contribution < -0.4 is 5.32 Å². The van der Waals surface area contributed by atoms with E-state index < -0.39 is 43.2 Å². The number of halogens is 1. The van der Waals surface area contributed by atoms with Gasteiger partial charge in [0.15, 0.2) is 18.0 Å². The van der Waals surface area contributed by atoms with Crippen molar-refractivity contribution in [2.24, 2.45) is 0 Å². The SMILES string of the molecule is C#C[C@@H](O)[C@@H](O[C@@H](CO)COC(Cc1ccccc1)(C(=O)O)c1cscn1)n1ncc2c(NC(C)C)nc(Cl)nc21. The van der Waals surface area contributed by atoms with E-state index in [2.05, 4.69) is 31.3 Å². The van der Waals surface area contributed by atoms with Crippen LogP contribution in [0.4, 0.5) is 5.82 Å². The molecule has 0 amide bonds. The van der Waals surface area contributed by atoms with Crippen LogP contribution in [-0.2, 0) is 26.3 Å². The Bertz CT molecular complexity index is 1500. The number of carbonyl (C=O) groups is 1. The van der Waals surface area contributed by atoms with E-state index in [0.29, 0.717) is 16.8 Å². The summed E-state index contributed by atoms with van der Waals surface area (Å²) >= 11 is 7.39. The van der Waals surface area contributed by atoms with Crippen LogP contribution in [0.3, 0.4) is 0 Å². The van der Waals surface area contributed by atoms with E-state index in [0.717, 1.165) is 0 Å². The zero-order chi connectivity index (χ0) is 29.6. The van der Waals surface area contributed by atoms with Crippen LogP contribution in [0.5, 0.6) is 0 Å². The van der Waals surface area contributed by atoms with Crippen LogP contribution in [-0.4, -0.2) is 77.5 Å². The lowest BCUT2D eigenvalue weighted by Crippen LogP contribution is -2.44. The first-order valence-corrected chi connectivity index (χ1v) is 13.9. The van der Waals surface area contributed by atoms with Gasteiger partial charge in [0.05, 0.1) is 36.0 Å². The molecule has 0 bridgehead atoms. The number of benzene rings is 1. The Morgan fingerprint density at radius 3 is 2.66 bits per heavy atom. The Balaban J connectivity index is 1.65. The summed E-state index contributed by atoms with van der Waals surface area (Å²) in [6.07, 6.45) is 2.95. The van der Waals surface area contributed by atoms with Gasteiger partial charge >= 0.3 is 5.97 Å². The van der Waals surface area contributed by atoms with Gasteiger partial charge in [-0.15, -0.1) is 17.8 Å². The van der Waals surface area contributed by atoms with Crippen LogP contribution in [0.25, 0.3) is 11.0 Å². The minimum absolute atomic E-state index is 0.0230. The standard InChI is InChI=1S/C27H29ClN6O6S/c1-4-20(36)24(34-23-19(11-30-34)22(31-16(2)3)32-26(28)33-23)40-18(12-35)13-39-27(25(37)38,21-14-41-15-29-21)10-17-8-6-5-7-9-17/h1,5-9,11,14-16,18,20,24,35-36H,10,12-13H2,2-3H3,(H,37,38)(H,31,32,33)/t18-,20+,24+,27?/m0/s1. The Labute approximate surface area is 245 Å². The number of terminal acetylenes is 1. The third-order valence-corrected chi connectivity index (χ3v) is 6.83. The summed E-state index contributed by atoms with van der Waals surface area (Å²) in [5.41, 5.74) is 0.755. The third-order valence-electron chi connectivity index (χ3n) is 6.07. The predicted molar refractivity (Wildman–Crippen MR) is 152 cm³/mol. The second kappa shape index (κ2) is 13.3. The quantitative estimate of drug-likeness (QED) is 0.124. The molecule has 0 aliphatic heterocycles. The molecule has 41 heavy (non-hydrogen) atoms. The highest BCUT2D eigenvalue weighted by Gasteiger charge is 2.44. The molecule has 0 fully saturated rings. The number of anilines is 1. The number of aromatic nitrogens is 5. The van der Waals surface area contributed by atoms with E-state index in [9.17, 15) is 20.1 Å². The maximum atomic E-state index is 12.7. The fraction of sp³-hybridized carbons (Fsp3) is 0.370. The average molecular weight is 601 g/mol. The number of aliphatic carboxylic acids is 1. The zero-order valence-corrected chi connectivity index (χ0v) is 23.8. The van der Waals surface area contributed by atoms with E-state index in [4.69, 9.17) is 27.5 Å². The molecule has 4 atom stereocenters. The number of carboxylic acid groups (broad SMARTS) is 1. The van der Waals surface area contributed by atoms with Crippen LogP contribution >= 0.6 is 22.9 Å². The number of rotatable bonds is 14. The highest BCUT2D eigenvalue weighted by atomic mass is 35.5. The van der Waals surface area contributed by atoms with Crippen LogP contribution in [0, 0.1) is 12.3 Å². The molecule has 3 aromatic heterocycles. The largest absolute Gasteiger partial charge is 0.479 e. The molecule has 4 aromatic rings. The molecule has 1 aromatic carbocycles. The molecule has 0 aliphatic carbocycles. The number of carboxylic acids is 1. The van der Waals surface area contributed by atoms with E-state index in [-0.39, 0.29) is 29.1 Å². The topological polar surface area (TPSA) is 165 Å². The van der Waals surface area contributed by atoms with Crippen LogP contribution in [0.1, 0.15) is 31.3 Å². The maximum Gasteiger partial charge on any atom is 0.342 e. The number of hydrogen-bond donors (Lipinski definition) is 4. The number of fused-ring (bicyclic) bond motifs is 1. The van der Waals surface area contributed by atoms with Gasteiger partial charge in [-0.25, -0.2) is 14.5 Å². The smallest absolute Gasteiger partial charge is 0.342 e. The van der Waals surface area contributed by atoms with Gasteiger partial charge in [-0.3, -0.25) is 0 Å². The van der Waals surface area contributed by atoms with E-state index in [1.54, 1.807) is 29.6 Å². The van der Waals surface area contributed by atoms with Crippen molar-refractivity contribution in [1.82, 2.24) is 24.7 Å². The summed E-state index contributed by atoms with van der Waals surface area (Å²) in [6.45, 7) is 2.86. The van der Waals surface area contributed by atoms with E-state index >= 15 is 0 Å². The Morgan fingerprint density at radius 2 is 2.05 bits per heavy atom. The zero-order valence-electron chi connectivity index (χ0n) is 22.2. The summed E-state index contributed by atoms with van der Waals surface area (Å²) in [7, 11) is 0. The second-order valence-electron chi connectivity index (χ2n) is 9.39. The summed E-state index contributed by atoms with van der Waals surface area (Å²) in [4.78, 5) is 25.4. The van der Waals surface area contributed by atoms with Crippen molar-refractivity contribution in [3.63, 3.8) is 0 Å². The molecule has 12 nitrogen and oxygen atoms in total. The minimum atomic E-state index is -1.88. The highest BCUT2D eigenvalue weighted by molar-refractivity contribution is 7.07. The monoisotopic (exact) mass is 600 g/mol. The van der Waals surface area contributed by atoms with Crippen molar-refractivity contribution in [1.29, 1.82) is 0 Å². The molecule has 0 saturated carbocycles. The summed E-state index contributed by atoms with van der Waals surface area (Å²) in [6, 6.07) is 8.99. The molecule has 14 heteroatoms. The van der Waals surface area contributed by atoms with Crippen molar-refractivity contribution >= 4 is 45.8 Å². The first kappa shape index (κ1) is 30.3. The lowest BCUT2D eigenvalue weighted by atomic mass is 9.91. The summed E-state index contributed by atoms with van der Waals surface area (Å²) < 4.78 is 13.3. The number of aliphatic hydroxyl groups excluding tert-OH is 2. The second-order valence-corrected chi connectivity index (χ2v) is 10.4. The third kappa shape index (κ3) is 6.82. The first-order valence-electron chi connectivity index (χ1n) is 12.6. The number of ether oxygens (including phenoxy) is 2. The number of nitrogens with one attached hydrogen (secondary N) is 1. The van der Waals surface area contributed by atoms with Gasteiger partial charge in [-0.05, 0) is 31.0 Å². The normalized spacial score (nSPS) is 15.2. The molecule has 0 spiro atoms. The van der Waals surface area contributed by atoms with Gasteiger partial charge in [0, 0.05) is 17.8 Å². The minimum Gasteiger partial charge on any atom is -0.479 e. The summed E-state index contributed by atoms with van der Waals surface area (Å²) in [5.74, 6) is 1.37. The van der Waals surface area contributed by atoms with Gasteiger partial charge in [0.2, 0.25) is 10.9 Å². The van der Waals surface area contributed by atoms with Crippen molar-refractivity contribution < 1.29 is 29.6 Å². The van der Waals surface area contributed by atoms with E-state index in [1.165, 1.54) is 27.7 Å². The lowest BCUT2D eigenvalue weighted by molar-refractivity contribution is -0.186. The highest BCUT2D eigenvalue weighted by Crippen LogP contribution is 2.32. The van der Waals surface area contributed by atoms with E-state index in [1.807, 2.05) is 19.9 Å². The Morgan fingerprint density at radius 1 is 1.29 bits per heavy atom. The van der Waals surface area contributed by atoms with Gasteiger partial charge in [-0.1, -0.05) is 36.3 Å². The van der Waals surface area contributed by atoms with Crippen molar-refractivity contribution in [3.8, 4) is 12.3 Å². The first-order chi connectivity index (χ1) is 19.7. The molecule has 3 heterocycles. The molecule has 4 N–H and O–H groups in total. The van der Waals surface area contributed by atoms with Gasteiger partial charge < -0.3 is 30.1 Å². The summed E-state index contributed by atoms with van der Waals surface area (Å²) in [5, 5.41) is 40.7. The molecule has 216 valence electrons. The molecule has 1 unspecified atom stereocenters. The molecule has 0 saturated heterocycles. The van der Waals surface area contributed by atoms with Crippen molar-refractivity contribution in [3.05, 3.63) is 64.0 Å². The Kier molecular flexibility index (Phi) is 9.87. The lowest BCUT2D eigenvalue weighted by Gasteiger charge is -2.31. The molecule has 0 radical (unpaired) electrons. The predicted octanol–water partition coefficient (Wildman–Crippen LogP) is 2.87. The average Bonchev–Trinajstić information content (AvgIpc) is 3.63. The van der Waals surface area contributed by atoms with Crippen molar-refractivity contribution in [2.45, 2.75) is 50.3 Å². The number of thiazole rings is 1. The van der Waals surface area contributed by atoms with Gasteiger partial charge in [-0.2, -0.15) is 15.1 Å². The Hall–Kier alpha value is -3.64. The fourth-order valence-corrected chi connectivity index (χ4v) is 4.92. The van der Waals surface area contributed by atoms with Gasteiger partial charge in [0.25, 0.3) is 0 Å². The number of nitrogens with zero attached hydrogens (tertiary/aromatic N) is 5. The van der Waals surface area contributed by atoms with Crippen LogP contribution in [0.2, 0.25) is 5.28 Å². The van der Waals surface area contributed by atoms with Gasteiger partial charge in [0.1, 0.15) is 11.9 Å². The maximum absolute atomic E-state index is 12.7. The van der Waals surface area contributed by atoms with Crippen LogP contribution in [0.15, 0.2) is 47.4 Å². The fourth-order valence-electron chi connectivity index (χ4n) is 4.14. The molecule has 0 aliphatic rings.